The summed E-state index contributed by atoms with van der Waals surface area (Å²) in [6.45, 7) is 1.89. The standard InChI is InChI=1S/C14H14N2O4/c1-10-5-4-8-15-14(10)20-9-11-12(16(17)18)6-3-7-13(11)19-2/h3-8H,9H2,1-2H3. The summed E-state index contributed by atoms with van der Waals surface area (Å²) in [5.41, 5.74) is 1.23. The molecule has 0 unspecified atom stereocenters. The van der Waals surface area contributed by atoms with E-state index in [0.29, 0.717) is 17.2 Å². The van der Waals surface area contributed by atoms with Crippen LogP contribution in [0.1, 0.15) is 11.1 Å². The quantitative estimate of drug-likeness (QED) is 0.619. The second-order valence-electron chi connectivity index (χ2n) is 4.13. The summed E-state index contributed by atoms with van der Waals surface area (Å²) < 4.78 is 10.7. The second-order valence-corrected chi connectivity index (χ2v) is 4.13. The van der Waals surface area contributed by atoms with Crippen LogP contribution in [0.2, 0.25) is 0 Å². The highest BCUT2D eigenvalue weighted by Crippen LogP contribution is 2.29. The predicted octanol–water partition coefficient (Wildman–Crippen LogP) is 2.89. The van der Waals surface area contributed by atoms with E-state index in [2.05, 4.69) is 4.98 Å². The smallest absolute Gasteiger partial charge is 0.279 e. The molecule has 0 saturated carbocycles. The average molecular weight is 274 g/mol. The first kappa shape index (κ1) is 13.8. The Hall–Kier alpha value is -2.63. The third kappa shape index (κ3) is 2.85. The molecule has 0 atom stereocenters. The number of aromatic nitrogens is 1. The van der Waals surface area contributed by atoms with Crippen LogP contribution in [-0.4, -0.2) is 17.0 Å². The summed E-state index contributed by atoms with van der Waals surface area (Å²) in [5.74, 6) is 0.875. The summed E-state index contributed by atoms with van der Waals surface area (Å²) >= 11 is 0. The molecule has 0 amide bonds. The van der Waals surface area contributed by atoms with Gasteiger partial charge in [0.1, 0.15) is 17.9 Å². The Bertz CT molecular complexity index is 628. The first-order valence-corrected chi connectivity index (χ1v) is 5.98. The predicted molar refractivity (Wildman–Crippen MR) is 73.0 cm³/mol. The van der Waals surface area contributed by atoms with Crippen molar-refractivity contribution in [3.63, 3.8) is 0 Å². The number of rotatable bonds is 5. The minimum absolute atomic E-state index is 0.0260. The van der Waals surface area contributed by atoms with Gasteiger partial charge in [-0.2, -0.15) is 0 Å². The highest BCUT2D eigenvalue weighted by atomic mass is 16.6. The molecule has 0 N–H and O–H groups in total. The number of benzene rings is 1. The maximum Gasteiger partial charge on any atom is 0.279 e. The van der Waals surface area contributed by atoms with Crippen LogP contribution in [-0.2, 0) is 6.61 Å². The molecule has 0 aliphatic rings. The van der Waals surface area contributed by atoms with Crippen molar-refractivity contribution in [2.45, 2.75) is 13.5 Å². The lowest BCUT2D eigenvalue weighted by molar-refractivity contribution is -0.385. The SMILES string of the molecule is COc1cccc([N+](=O)[O-])c1COc1ncccc1C. The second kappa shape index (κ2) is 6.01. The van der Waals surface area contributed by atoms with Crippen LogP contribution >= 0.6 is 0 Å². The molecule has 0 bridgehead atoms. The summed E-state index contributed by atoms with van der Waals surface area (Å²) in [4.78, 5) is 14.7. The normalized spacial score (nSPS) is 10.1. The summed E-state index contributed by atoms with van der Waals surface area (Å²) in [5, 5.41) is 11.0. The van der Waals surface area contributed by atoms with Crippen molar-refractivity contribution in [3.05, 3.63) is 57.8 Å². The van der Waals surface area contributed by atoms with Gasteiger partial charge in [-0.3, -0.25) is 10.1 Å². The minimum atomic E-state index is -0.452. The zero-order chi connectivity index (χ0) is 14.5. The van der Waals surface area contributed by atoms with Crippen LogP contribution in [0.3, 0.4) is 0 Å². The van der Waals surface area contributed by atoms with Crippen molar-refractivity contribution in [3.8, 4) is 11.6 Å². The van der Waals surface area contributed by atoms with E-state index in [9.17, 15) is 10.1 Å². The first-order valence-electron chi connectivity index (χ1n) is 5.98. The number of nitro groups is 1. The van der Waals surface area contributed by atoms with Gasteiger partial charge in [0.15, 0.2) is 0 Å². The van der Waals surface area contributed by atoms with E-state index >= 15 is 0 Å². The molecule has 1 aromatic carbocycles. The zero-order valence-corrected chi connectivity index (χ0v) is 11.2. The van der Waals surface area contributed by atoms with Gasteiger partial charge in [-0.1, -0.05) is 12.1 Å². The highest BCUT2D eigenvalue weighted by molar-refractivity contribution is 5.49. The molecule has 2 rings (SSSR count). The fourth-order valence-electron chi connectivity index (χ4n) is 1.82. The maximum absolute atomic E-state index is 11.0. The number of methoxy groups -OCH3 is 1. The van der Waals surface area contributed by atoms with Gasteiger partial charge in [0.25, 0.3) is 5.69 Å². The van der Waals surface area contributed by atoms with Crippen molar-refractivity contribution < 1.29 is 14.4 Å². The number of nitro benzene ring substituents is 1. The van der Waals surface area contributed by atoms with E-state index in [1.165, 1.54) is 13.2 Å². The molecule has 2 aromatic rings. The third-order valence-electron chi connectivity index (χ3n) is 2.84. The summed E-state index contributed by atoms with van der Waals surface area (Å²) in [6, 6.07) is 8.32. The van der Waals surface area contributed by atoms with Crippen LogP contribution < -0.4 is 9.47 Å². The molecule has 0 radical (unpaired) electrons. The van der Waals surface area contributed by atoms with E-state index in [0.717, 1.165) is 5.56 Å². The molecule has 104 valence electrons. The van der Waals surface area contributed by atoms with Crippen LogP contribution in [0.25, 0.3) is 0 Å². The van der Waals surface area contributed by atoms with Crippen LogP contribution in [0, 0.1) is 17.0 Å². The van der Waals surface area contributed by atoms with Crippen molar-refractivity contribution in [1.29, 1.82) is 0 Å². The van der Waals surface area contributed by atoms with Gasteiger partial charge < -0.3 is 9.47 Å². The van der Waals surface area contributed by atoms with Gasteiger partial charge in [-0.05, 0) is 19.1 Å². The van der Waals surface area contributed by atoms with Crippen LogP contribution in [0.5, 0.6) is 11.6 Å². The Labute approximate surface area is 116 Å². The Morgan fingerprint density at radius 2 is 2.10 bits per heavy atom. The molecule has 0 saturated heterocycles. The van der Waals surface area contributed by atoms with Crippen molar-refractivity contribution in [1.82, 2.24) is 4.98 Å². The Kier molecular flexibility index (Phi) is 4.14. The molecule has 0 spiro atoms. The molecule has 0 fully saturated rings. The number of pyridine rings is 1. The van der Waals surface area contributed by atoms with Crippen molar-refractivity contribution in [2.24, 2.45) is 0 Å². The monoisotopic (exact) mass is 274 g/mol. The first-order chi connectivity index (χ1) is 9.63. The van der Waals surface area contributed by atoms with E-state index < -0.39 is 4.92 Å². The van der Waals surface area contributed by atoms with Gasteiger partial charge in [0.05, 0.1) is 12.0 Å². The molecule has 6 nitrogen and oxygen atoms in total. The van der Waals surface area contributed by atoms with Gasteiger partial charge in [0.2, 0.25) is 5.88 Å². The summed E-state index contributed by atoms with van der Waals surface area (Å²) in [6.07, 6.45) is 1.61. The average Bonchev–Trinajstić information content (AvgIpc) is 2.46. The number of nitrogens with zero attached hydrogens (tertiary/aromatic N) is 2. The zero-order valence-electron chi connectivity index (χ0n) is 11.2. The minimum Gasteiger partial charge on any atom is -0.496 e. The molecular formula is C14H14N2O4. The lowest BCUT2D eigenvalue weighted by Crippen LogP contribution is -2.04. The van der Waals surface area contributed by atoms with Gasteiger partial charge >= 0.3 is 0 Å². The van der Waals surface area contributed by atoms with Crippen LogP contribution in [0.4, 0.5) is 5.69 Å². The lowest BCUT2D eigenvalue weighted by atomic mass is 10.1. The Morgan fingerprint density at radius 1 is 1.30 bits per heavy atom. The van der Waals surface area contributed by atoms with E-state index in [4.69, 9.17) is 9.47 Å². The highest BCUT2D eigenvalue weighted by Gasteiger charge is 2.19. The van der Waals surface area contributed by atoms with E-state index in [-0.39, 0.29) is 12.3 Å². The maximum atomic E-state index is 11.0. The molecule has 1 aromatic heterocycles. The lowest BCUT2D eigenvalue weighted by Gasteiger charge is -2.11. The van der Waals surface area contributed by atoms with Crippen LogP contribution in [0.15, 0.2) is 36.5 Å². The number of hydrogen-bond acceptors (Lipinski definition) is 5. The fourth-order valence-corrected chi connectivity index (χ4v) is 1.82. The van der Waals surface area contributed by atoms with E-state index in [1.54, 1.807) is 24.4 Å². The molecule has 20 heavy (non-hydrogen) atoms. The molecular weight excluding hydrogens is 260 g/mol. The van der Waals surface area contributed by atoms with Crippen molar-refractivity contribution in [2.75, 3.05) is 7.11 Å². The number of aryl methyl sites for hydroxylation is 1. The Morgan fingerprint density at radius 3 is 2.75 bits per heavy atom. The number of hydrogen-bond donors (Lipinski definition) is 0. The van der Waals surface area contributed by atoms with Gasteiger partial charge in [-0.25, -0.2) is 4.98 Å². The molecule has 1 heterocycles. The third-order valence-corrected chi connectivity index (χ3v) is 2.84. The molecule has 0 aliphatic carbocycles. The van der Waals surface area contributed by atoms with E-state index in [1.807, 2.05) is 13.0 Å². The molecule has 0 aliphatic heterocycles. The molecule has 6 heteroatoms. The van der Waals surface area contributed by atoms with Gasteiger partial charge in [-0.15, -0.1) is 0 Å². The Balaban J connectivity index is 2.29. The van der Waals surface area contributed by atoms with Crippen molar-refractivity contribution >= 4 is 5.69 Å². The van der Waals surface area contributed by atoms with Gasteiger partial charge in [0, 0.05) is 17.8 Å². The largest absolute Gasteiger partial charge is 0.496 e. The summed E-state index contributed by atoms with van der Waals surface area (Å²) in [7, 11) is 1.47. The topological polar surface area (TPSA) is 74.5 Å². The number of ether oxygens (including phenoxy) is 2. The fraction of sp³-hybridized carbons (Fsp3) is 0.214.